The van der Waals surface area contributed by atoms with Gasteiger partial charge in [0.1, 0.15) is 4.88 Å². The molecule has 1 rings (SSSR count). The number of nitrogens with zero attached hydrogens (tertiary/aromatic N) is 1. The molecule has 1 aromatic heterocycles. The second kappa shape index (κ2) is 5.74. The van der Waals surface area contributed by atoms with Crippen LogP contribution in [0.3, 0.4) is 0 Å². The first-order valence-electron chi connectivity index (χ1n) is 4.59. The lowest BCUT2D eigenvalue weighted by molar-refractivity contribution is 0.0941. The summed E-state index contributed by atoms with van der Waals surface area (Å²) >= 11 is 7.12. The summed E-state index contributed by atoms with van der Waals surface area (Å²) < 4.78 is 0. The fourth-order valence-electron chi connectivity index (χ4n) is 1.11. The van der Waals surface area contributed by atoms with E-state index in [2.05, 4.69) is 5.32 Å². The van der Waals surface area contributed by atoms with Gasteiger partial charge in [-0.3, -0.25) is 4.79 Å². The summed E-state index contributed by atoms with van der Waals surface area (Å²) in [6.07, 6.45) is 1.06. The molecule has 1 aromatic rings. The zero-order valence-corrected chi connectivity index (χ0v) is 9.86. The predicted octanol–water partition coefficient (Wildman–Crippen LogP) is 2.82. The highest BCUT2D eigenvalue weighted by Gasteiger charge is 2.15. The van der Waals surface area contributed by atoms with Crippen molar-refractivity contribution in [2.75, 3.05) is 0 Å². The monoisotopic (exact) mass is 242 g/mol. The van der Waals surface area contributed by atoms with Gasteiger partial charge in [-0.05, 0) is 17.9 Å². The topological polar surface area (TPSA) is 52.9 Å². The standard InChI is InChI=1S/C10H11ClN2OS/c1-2-7(3-5-12)13-10(14)9-8(11)4-6-15-9/h4,6-7H,2-3H2,1H3,(H,13,14). The Kier molecular flexibility index (Phi) is 4.60. The number of nitrogens with one attached hydrogen (secondary N) is 1. The van der Waals surface area contributed by atoms with Gasteiger partial charge in [0, 0.05) is 6.04 Å². The van der Waals surface area contributed by atoms with Crippen LogP contribution in [0.15, 0.2) is 11.4 Å². The second-order valence-electron chi connectivity index (χ2n) is 3.04. The van der Waals surface area contributed by atoms with E-state index in [0.29, 0.717) is 16.3 Å². The molecule has 0 aliphatic carbocycles. The van der Waals surface area contributed by atoms with E-state index in [-0.39, 0.29) is 11.9 Å². The lowest BCUT2D eigenvalue weighted by Crippen LogP contribution is -2.33. The molecule has 1 heterocycles. The van der Waals surface area contributed by atoms with Crippen molar-refractivity contribution >= 4 is 28.8 Å². The summed E-state index contributed by atoms with van der Waals surface area (Å²) in [5.41, 5.74) is 0. The van der Waals surface area contributed by atoms with Crippen molar-refractivity contribution in [1.29, 1.82) is 5.26 Å². The molecule has 1 atom stereocenters. The Hall–Kier alpha value is -1.05. The molecule has 0 aromatic carbocycles. The van der Waals surface area contributed by atoms with Gasteiger partial charge in [-0.1, -0.05) is 18.5 Å². The lowest BCUT2D eigenvalue weighted by Gasteiger charge is -2.12. The molecule has 15 heavy (non-hydrogen) atoms. The molecule has 0 fully saturated rings. The predicted molar refractivity (Wildman–Crippen MR) is 61.1 cm³/mol. The normalized spacial score (nSPS) is 11.8. The maximum atomic E-state index is 11.7. The number of amides is 1. The smallest absolute Gasteiger partial charge is 0.263 e. The molecule has 0 bridgehead atoms. The Bertz CT molecular complexity index is 383. The average Bonchev–Trinajstić information content (AvgIpc) is 2.63. The van der Waals surface area contributed by atoms with Gasteiger partial charge in [0.25, 0.3) is 5.91 Å². The van der Waals surface area contributed by atoms with Crippen molar-refractivity contribution < 1.29 is 4.79 Å². The summed E-state index contributed by atoms with van der Waals surface area (Å²) in [6.45, 7) is 1.93. The summed E-state index contributed by atoms with van der Waals surface area (Å²) in [7, 11) is 0. The van der Waals surface area contributed by atoms with Gasteiger partial charge in [-0.25, -0.2) is 0 Å². The fourth-order valence-corrected chi connectivity index (χ4v) is 2.16. The molecule has 1 N–H and O–H groups in total. The van der Waals surface area contributed by atoms with Crippen LogP contribution in [-0.2, 0) is 0 Å². The molecule has 0 radical (unpaired) electrons. The number of carbonyl (C=O) groups excluding carboxylic acids is 1. The second-order valence-corrected chi connectivity index (χ2v) is 4.36. The van der Waals surface area contributed by atoms with Crippen LogP contribution in [0.2, 0.25) is 5.02 Å². The van der Waals surface area contributed by atoms with Crippen LogP contribution in [0, 0.1) is 11.3 Å². The van der Waals surface area contributed by atoms with Crippen LogP contribution >= 0.6 is 22.9 Å². The number of hydrogen-bond acceptors (Lipinski definition) is 3. The van der Waals surface area contributed by atoms with Crippen molar-refractivity contribution in [2.45, 2.75) is 25.8 Å². The molecule has 0 saturated carbocycles. The van der Waals surface area contributed by atoms with E-state index in [1.807, 2.05) is 13.0 Å². The maximum absolute atomic E-state index is 11.7. The van der Waals surface area contributed by atoms with Gasteiger partial charge >= 0.3 is 0 Å². The van der Waals surface area contributed by atoms with E-state index in [1.165, 1.54) is 11.3 Å². The van der Waals surface area contributed by atoms with Crippen LogP contribution in [0.5, 0.6) is 0 Å². The third-order valence-corrected chi connectivity index (χ3v) is 3.33. The average molecular weight is 243 g/mol. The highest BCUT2D eigenvalue weighted by Crippen LogP contribution is 2.21. The number of rotatable bonds is 4. The Morgan fingerprint density at radius 1 is 1.80 bits per heavy atom. The van der Waals surface area contributed by atoms with Crippen LogP contribution in [-0.4, -0.2) is 11.9 Å². The van der Waals surface area contributed by atoms with Crippen LogP contribution in [0.25, 0.3) is 0 Å². The van der Waals surface area contributed by atoms with Crippen molar-refractivity contribution in [3.05, 3.63) is 21.3 Å². The number of carbonyl (C=O) groups is 1. The largest absolute Gasteiger partial charge is 0.348 e. The Morgan fingerprint density at radius 3 is 3.00 bits per heavy atom. The van der Waals surface area contributed by atoms with E-state index in [4.69, 9.17) is 16.9 Å². The van der Waals surface area contributed by atoms with E-state index in [1.54, 1.807) is 11.4 Å². The zero-order chi connectivity index (χ0) is 11.3. The van der Waals surface area contributed by atoms with Gasteiger partial charge in [0.05, 0.1) is 17.5 Å². The molecule has 0 saturated heterocycles. The van der Waals surface area contributed by atoms with Crippen molar-refractivity contribution in [1.82, 2.24) is 5.32 Å². The van der Waals surface area contributed by atoms with Crippen LogP contribution < -0.4 is 5.32 Å². The van der Waals surface area contributed by atoms with Crippen LogP contribution in [0.4, 0.5) is 0 Å². The minimum atomic E-state index is -0.197. The molecular formula is C10H11ClN2OS. The summed E-state index contributed by atoms with van der Waals surface area (Å²) in [5.74, 6) is -0.197. The number of halogens is 1. The summed E-state index contributed by atoms with van der Waals surface area (Å²) in [6, 6.07) is 3.63. The SMILES string of the molecule is CCC(CC#N)NC(=O)c1sccc1Cl. The Labute approximate surface area is 97.7 Å². The third-order valence-electron chi connectivity index (χ3n) is 1.99. The summed E-state index contributed by atoms with van der Waals surface area (Å²) in [4.78, 5) is 12.2. The van der Waals surface area contributed by atoms with Crippen molar-refractivity contribution in [3.63, 3.8) is 0 Å². The molecule has 0 spiro atoms. The first kappa shape index (κ1) is 12.0. The molecule has 5 heteroatoms. The van der Waals surface area contributed by atoms with E-state index < -0.39 is 0 Å². The molecule has 0 aliphatic rings. The van der Waals surface area contributed by atoms with Gasteiger partial charge in [-0.2, -0.15) is 5.26 Å². The fraction of sp³-hybridized carbons (Fsp3) is 0.400. The number of hydrogen-bond donors (Lipinski definition) is 1. The maximum Gasteiger partial charge on any atom is 0.263 e. The third kappa shape index (κ3) is 3.22. The van der Waals surface area contributed by atoms with E-state index in [0.717, 1.165) is 6.42 Å². The number of thiophene rings is 1. The molecule has 80 valence electrons. The Balaban J connectivity index is 2.63. The molecule has 3 nitrogen and oxygen atoms in total. The molecule has 0 aliphatic heterocycles. The zero-order valence-electron chi connectivity index (χ0n) is 8.29. The first-order chi connectivity index (χ1) is 7.19. The minimum Gasteiger partial charge on any atom is -0.348 e. The van der Waals surface area contributed by atoms with E-state index in [9.17, 15) is 4.79 Å². The molecular weight excluding hydrogens is 232 g/mol. The highest BCUT2D eigenvalue weighted by atomic mass is 35.5. The van der Waals surface area contributed by atoms with Crippen molar-refractivity contribution in [3.8, 4) is 6.07 Å². The molecule has 1 unspecified atom stereocenters. The number of nitriles is 1. The highest BCUT2D eigenvalue weighted by molar-refractivity contribution is 7.12. The lowest BCUT2D eigenvalue weighted by atomic mass is 10.1. The minimum absolute atomic E-state index is 0.0966. The van der Waals surface area contributed by atoms with Crippen LogP contribution in [0.1, 0.15) is 29.4 Å². The van der Waals surface area contributed by atoms with Gasteiger partial charge < -0.3 is 5.32 Å². The first-order valence-corrected chi connectivity index (χ1v) is 5.85. The van der Waals surface area contributed by atoms with Gasteiger partial charge in [0.2, 0.25) is 0 Å². The quantitative estimate of drug-likeness (QED) is 0.883. The van der Waals surface area contributed by atoms with Gasteiger partial charge in [-0.15, -0.1) is 11.3 Å². The summed E-state index contributed by atoms with van der Waals surface area (Å²) in [5, 5.41) is 13.5. The van der Waals surface area contributed by atoms with Gasteiger partial charge in [0.15, 0.2) is 0 Å². The van der Waals surface area contributed by atoms with E-state index >= 15 is 0 Å². The van der Waals surface area contributed by atoms with Crippen molar-refractivity contribution in [2.24, 2.45) is 0 Å². The molecule has 1 amide bonds. The Morgan fingerprint density at radius 2 is 2.53 bits per heavy atom.